The average Bonchev–Trinajstić information content (AvgIpc) is 3.45. The molecule has 0 spiro atoms. The molecule has 4 nitrogen and oxygen atoms in total. The van der Waals surface area contributed by atoms with Gasteiger partial charge in [0.2, 0.25) is 5.91 Å². The number of ether oxygens (including phenoxy) is 1. The molecule has 2 aromatic carbocycles. The number of nitrogens with zero attached hydrogens (tertiary/aromatic N) is 1. The Kier molecular flexibility index (Phi) is 4.55. The van der Waals surface area contributed by atoms with Crippen molar-refractivity contribution < 1.29 is 13.9 Å². The van der Waals surface area contributed by atoms with Crippen LogP contribution in [-0.4, -0.2) is 30.5 Å². The summed E-state index contributed by atoms with van der Waals surface area (Å²) in [7, 11) is 0. The number of amides is 1. The number of carbonyl (C=O) groups excluding carboxylic acids is 1. The largest absolute Gasteiger partial charge is 0.493 e. The summed E-state index contributed by atoms with van der Waals surface area (Å²) in [4.78, 5) is 15.4. The van der Waals surface area contributed by atoms with Gasteiger partial charge in [0.15, 0.2) is 0 Å². The molecule has 0 radical (unpaired) electrons. The molecule has 1 N–H and O–H groups in total. The van der Waals surface area contributed by atoms with Crippen LogP contribution in [0.2, 0.25) is 0 Å². The third-order valence-electron chi connectivity index (χ3n) is 6.30. The van der Waals surface area contributed by atoms with Gasteiger partial charge in [0, 0.05) is 37.2 Å². The van der Waals surface area contributed by atoms with Crippen LogP contribution in [0, 0.1) is 23.6 Å². The zero-order valence-corrected chi connectivity index (χ0v) is 15.8. The molecule has 0 bridgehead atoms. The molecule has 3 atom stereocenters. The van der Waals surface area contributed by atoms with E-state index >= 15 is 0 Å². The van der Waals surface area contributed by atoms with Crippen LogP contribution in [-0.2, 0) is 11.3 Å². The number of rotatable bonds is 5. The average molecular weight is 380 g/mol. The summed E-state index contributed by atoms with van der Waals surface area (Å²) in [6.45, 7) is 2.74. The monoisotopic (exact) mass is 380 g/mol. The van der Waals surface area contributed by atoms with Gasteiger partial charge in [-0.2, -0.15) is 0 Å². The number of carbonyl (C=O) groups is 1. The first-order chi connectivity index (χ1) is 13.7. The van der Waals surface area contributed by atoms with Crippen LogP contribution in [0.1, 0.15) is 30.0 Å². The van der Waals surface area contributed by atoms with Crippen molar-refractivity contribution in [1.82, 2.24) is 10.2 Å². The third-order valence-corrected chi connectivity index (χ3v) is 6.30. The number of benzene rings is 2. The predicted molar refractivity (Wildman–Crippen MR) is 104 cm³/mol. The van der Waals surface area contributed by atoms with E-state index in [9.17, 15) is 9.18 Å². The fraction of sp³-hybridized carbons (Fsp3) is 0.435. The lowest BCUT2D eigenvalue weighted by Gasteiger charge is -2.34. The highest BCUT2D eigenvalue weighted by Crippen LogP contribution is 2.49. The molecule has 3 aliphatic rings. The van der Waals surface area contributed by atoms with Gasteiger partial charge in [0.1, 0.15) is 11.6 Å². The molecule has 1 saturated heterocycles. The Morgan fingerprint density at radius 2 is 2.00 bits per heavy atom. The van der Waals surface area contributed by atoms with Crippen molar-refractivity contribution >= 4 is 5.91 Å². The van der Waals surface area contributed by atoms with Crippen molar-refractivity contribution in [1.29, 1.82) is 0 Å². The second-order valence-corrected chi connectivity index (χ2v) is 8.31. The van der Waals surface area contributed by atoms with Crippen LogP contribution in [0.3, 0.4) is 0 Å². The molecule has 1 saturated carbocycles. The van der Waals surface area contributed by atoms with Crippen molar-refractivity contribution in [3.05, 3.63) is 65.5 Å². The lowest BCUT2D eigenvalue weighted by atomic mass is 9.84. The van der Waals surface area contributed by atoms with Gasteiger partial charge in [-0.15, -0.1) is 0 Å². The van der Waals surface area contributed by atoms with Crippen LogP contribution in [0.5, 0.6) is 5.75 Å². The summed E-state index contributed by atoms with van der Waals surface area (Å²) in [5, 5.41) is 3.10. The summed E-state index contributed by atoms with van der Waals surface area (Å²) < 4.78 is 19.9. The maximum atomic E-state index is 14.0. The molecule has 0 unspecified atom stereocenters. The first-order valence-corrected chi connectivity index (χ1v) is 10.2. The van der Waals surface area contributed by atoms with Gasteiger partial charge in [-0.05, 0) is 42.5 Å². The van der Waals surface area contributed by atoms with Crippen molar-refractivity contribution in [3.63, 3.8) is 0 Å². The first-order valence-electron chi connectivity index (χ1n) is 10.2. The third kappa shape index (κ3) is 3.39. The van der Waals surface area contributed by atoms with E-state index < -0.39 is 0 Å². The smallest absolute Gasteiger partial charge is 0.225 e. The number of nitrogens with one attached hydrogen (secondary N) is 1. The lowest BCUT2D eigenvalue weighted by molar-refractivity contribution is -0.126. The fourth-order valence-corrected chi connectivity index (χ4v) is 4.71. The maximum Gasteiger partial charge on any atom is 0.225 e. The van der Waals surface area contributed by atoms with Gasteiger partial charge >= 0.3 is 0 Å². The first kappa shape index (κ1) is 17.7. The minimum atomic E-state index is -0.244. The molecule has 0 aromatic heterocycles. The number of halogens is 1. The van der Waals surface area contributed by atoms with Crippen molar-refractivity contribution in [2.24, 2.45) is 17.8 Å². The van der Waals surface area contributed by atoms with E-state index in [1.165, 1.54) is 18.9 Å². The Morgan fingerprint density at radius 1 is 1.18 bits per heavy atom. The molecule has 1 aliphatic carbocycles. The van der Waals surface area contributed by atoms with Crippen molar-refractivity contribution in [2.75, 3.05) is 19.7 Å². The molecule has 2 fully saturated rings. The van der Waals surface area contributed by atoms with E-state index in [4.69, 9.17) is 4.74 Å². The molecule has 146 valence electrons. The van der Waals surface area contributed by atoms with Gasteiger partial charge in [0.25, 0.3) is 0 Å². The van der Waals surface area contributed by atoms with E-state index in [0.717, 1.165) is 23.4 Å². The van der Waals surface area contributed by atoms with E-state index in [-0.39, 0.29) is 29.6 Å². The number of fused-ring (bicyclic) bond motifs is 3. The zero-order valence-electron chi connectivity index (χ0n) is 15.8. The Balaban J connectivity index is 1.37. The molecular weight excluding hydrogens is 355 g/mol. The highest BCUT2D eigenvalue weighted by Gasteiger charge is 2.49. The van der Waals surface area contributed by atoms with Crippen molar-refractivity contribution in [2.45, 2.75) is 25.4 Å². The molecule has 28 heavy (non-hydrogen) atoms. The highest BCUT2D eigenvalue weighted by atomic mass is 19.1. The molecule has 5 heteroatoms. The Morgan fingerprint density at radius 3 is 2.79 bits per heavy atom. The predicted octanol–water partition coefficient (Wildman–Crippen LogP) is 3.53. The summed E-state index contributed by atoms with van der Waals surface area (Å²) in [6.07, 6.45) is 2.51. The summed E-state index contributed by atoms with van der Waals surface area (Å²) in [5.74, 6) is 1.22. The quantitative estimate of drug-likeness (QED) is 0.863. The molecule has 2 heterocycles. The minimum absolute atomic E-state index is 0.0591. The highest BCUT2D eigenvalue weighted by molar-refractivity contribution is 5.80. The Bertz CT molecular complexity index is 868. The Labute approximate surface area is 164 Å². The number of hydrogen-bond acceptors (Lipinski definition) is 3. The molecular formula is C23H25FN2O2. The maximum absolute atomic E-state index is 14.0. The van der Waals surface area contributed by atoms with Gasteiger partial charge in [-0.3, -0.25) is 9.69 Å². The van der Waals surface area contributed by atoms with E-state index in [1.807, 2.05) is 30.3 Å². The van der Waals surface area contributed by atoms with Crippen molar-refractivity contribution in [3.8, 4) is 5.75 Å². The molecule has 2 aliphatic heterocycles. The summed E-state index contributed by atoms with van der Waals surface area (Å²) in [5.41, 5.74) is 1.99. The van der Waals surface area contributed by atoms with Gasteiger partial charge in [-0.1, -0.05) is 30.3 Å². The van der Waals surface area contributed by atoms with Gasteiger partial charge < -0.3 is 10.1 Å². The topological polar surface area (TPSA) is 41.6 Å². The second kappa shape index (κ2) is 7.21. The second-order valence-electron chi connectivity index (χ2n) is 8.31. The van der Waals surface area contributed by atoms with E-state index in [0.29, 0.717) is 25.6 Å². The summed E-state index contributed by atoms with van der Waals surface area (Å²) in [6, 6.07) is 14.8. The van der Waals surface area contributed by atoms with E-state index in [1.54, 1.807) is 12.1 Å². The van der Waals surface area contributed by atoms with Crippen LogP contribution >= 0.6 is 0 Å². The normalized spacial score (nSPS) is 26.2. The number of hydrogen-bond donors (Lipinski definition) is 1. The van der Waals surface area contributed by atoms with Gasteiger partial charge in [0.05, 0.1) is 12.5 Å². The zero-order chi connectivity index (χ0) is 19.1. The minimum Gasteiger partial charge on any atom is -0.493 e. The van der Waals surface area contributed by atoms with Crippen LogP contribution in [0.4, 0.5) is 4.39 Å². The lowest BCUT2D eigenvalue weighted by Crippen LogP contribution is -2.38. The van der Waals surface area contributed by atoms with E-state index in [2.05, 4.69) is 10.2 Å². The SMILES string of the molecule is O=C(NCc1ccccc1)[C@@H]1CN(CC2CC2)[C@H]2c3cc(F)ccc3OC[C@@H]12. The molecule has 2 aromatic rings. The van der Waals surface area contributed by atoms with Crippen LogP contribution in [0.15, 0.2) is 48.5 Å². The van der Waals surface area contributed by atoms with Crippen LogP contribution < -0.4 is 10.1 Å². The molecule has 1 amide bonds. The number of likely N-dealkylation sites (tertiary alicyclic amines) is 1. The fourth-order valence-electron chi connectivity index (χ4n) is 4.71. The van der Waals surface area contributed by atoms with Gasteiger partial charge in [-0.25, -0.2) is 4.39 Å². The summed E-state index contributed by atoms with van der Waals surface area (Å²) >= 11 is 0. The van der Waals surface area contributed by atoms with Crippen LogP contribution in [0.25, 0.3) is 0 Å². The standard InChI is InChI=1S/C23H25FN2O2/c24-17-8-9-21-18(10-17)22-20(14-28-21)19(13-26(22)12-16-6-7-16)23(27)25-11-15-4-2-1-3-5-15/h1-5,8-10,16,19-20,22H,6-7,11-14H2,(H,25,27)/t19-,20+,22+/m1/s1. The molecule has 5 rings (SSSR count). The Hall–Kier alpha value is -2.40.